The van der Waals surface area contributed by atoms with E-state index in [1.807, 2.05) is 34.6 Å². The third-order valence-corrected chi connectivity index (χ3v) is 5.60. The van der Waals surface area contributed by atoms with Gasteiger partial charge in [-0.2, -0.15) is 0 Å². The van der Waals surface area contributed by atoms with Crippen LogP contribution in [0.2, 0.25) is 0 Å². The minimum atomic E-state index is -1.11. The lowest BCUT2D eigenvalue weighted by atomic mass is 9.90. The molecule has 0 aliphatic carbocycles. The summed E-state index contributed by atoms with van der Waals surface area (Å²) in [5.74, 6) is -1.01. The van der Waals surface area contributed by atoms with Crippen molar-refractivity contribution in [1.82, 2.24) is 9.55 Å². The minimum absolute atomic E-state index is 0.616. The Hall–Kier alpha value is -2.66. The first-order valence-electron chi connectivity index (χ1n) is 10.4. The maximum Gasteiger partial charge on any atom is 0.337 e. The SMILES string of the molecule is CCn1c(C)c(C)c2c(-c3ccc(C)cc3)c(C(OC(C)(C)C)C(=O)O)c(C)nc21. The number of aromatic nitrogens is 2. The molecule has 0 aliphatic heterocycles. The van der Waals surface area contributed by atoms with Gasteiger partial charge in [-0.15, -0.1) is 0 Å². The van der Waals surface area contributed by atoms with E-state index in [1.165, 1.54) is 0 Å². The number of fused-ring (bicyclic) bond motifs is 1. The lowest BCUT2D eigenvalue weighted by molar-refractivity contribution is -0.160. The summed E-state index contributed by atoms with van der Waals surface area (Å²) in [5, 5.41) is 11.1. The second-order valence-electron chi connectivity index (χ2n) is 8.95. The van der Waals surface area contributed by atoms with E-state index in [4.69, 9.17) is 9.72 Å². The molecule has 0 amide bonds. The summed E-state index contributed by atoms with van der Waals surface area (Å²) < 4.78 is 8.25. The monoisotopic (exact) mass is 408 g/mol. The molecule has 0 saturated carbocycles. The summed E-state index contributed by atoms with van der Waals surface area (Å²) in [4.78, 5) is 17.2. The number of benzene rings is 1. The van der Waals surface area contributed by atoms with Gasteiger partial charge in [0.25, 0.3) is 0 Å². The van der Waals surface area contributed by atoms with Crippen LogP contribution in [0.3, 0.4) is 0 Å². The summed E-state index contributed by atoms with van der Waals surface area (Å²) in [6.45, 7) is 16.6. The molecule has 5 nitrogen and oxygen atoms in total. The molecule has 0 bridgehead atoms. The van der Waals surface area contributed by atoms with Crippen molar-refractivity contribution in [3.05, 3.63) is 52.3 Å². The van der Waals surface area contributed by atoms with E-state index in [-0.39, 0.29) is 0 Å². The van der Waals surface area contributed by atoms with Crippen molar-refractivity contribution < 1.29 is 14.6 Å². The van der Waals surface area contributed by atoms with Gasteiger partial charge in [-0.3, -0.25) is 0 Å². The number of carboxylic acids is 1. The Bertz CT molecular complexity index is 1100. The maximum absolute atomic E-state index is 12.4. The van der Waals surface area contributed by atoms with Crippen LogP contribution >= 0.6 is 0 Å². The molecular weight excluding hydrogens is 376 g/mol. The van der Waals surface area contributed by atoms with Crippen molar-refractivity contribution in [2.75, 3.05) is 0 Å². The second kappa shape index (κ2) is 7.88. The zero-order valence-electron chi connectivity index (χ0n) is 19.3. The summed E-state index contributed by atoms with van der Waals surface area (Å²) in [6.07, 6.45) is -1.11. The number of hydrogen-bond acceptors (Lipinski definition) is 3. The quantitative estimate of drug-likeness (QED) is 0.571. The Morgan fingerprint density at radius 1 is 1.13 bits per heavy atom. The number of carbonyl (C=O) groups is 1. The molecular formula is C25H32N2O3. The number of aryl methyl sites for hydroxylation is 4. The van der Waals surface area contributed by atoms with Crippen LogP contribution in [0.5, 0.6) is 0 Å². The molecule has 1 unspecified atom stereocenters. The summed E-state index contributed by atoms with van der Waals surface area (Å²) in [6, 6.07) is 8.22. The Labute approximate surface area is 178 Å². The molecule has 0 aliphatic rings. The van der Waals surface area contributed by atoms with Crippen LogP contribution in [-0.4, -0.2) is 26.2 Å². The standard InChI is InChI=1S/C25H32N2O3/c1-9-27-17(5)15(3)19-21(18-12-10-14(2)11-13-18)20(16(4)26-23(19)27)22(24(28)29)30-25(6,7)8/h10-13,22H,9H2,1-8H3,(H,28,29). The van der Waals surface area contributed by atoms with Gasteiger partial charge in [-0.05, 0) is 66.5 Å². The number of nitrogens with zero attached hydrogens (tertiary/aromatic N) is 2. The molecule has 1 aromatic carbocycles. The van der Waals surface area contributed by atoms with E-state index in [9.17, 15) is 9.90 Å². The highest BCUT2D eigenvalue weighted by atomic mass is 16.5. The minimum Gasteiger partial charge on any atom is -0.479 e. The first-order chi connectivity index (χ1) is 14.0. The lowest BCUT2D eigenvalue weighted by Gasteiger charge is -2.28. The average Bonchev–Trinajstić information content (AvgIpc) is 2.88. The van der Waals surface area contributed by atoms with Crippen LogP contribution in [0.15, 0.2) is 24.3 Å². The Kier molecular flexibility index (Phi) is 5.79. The fraction of sp³-hybridized carbons (Fsp3) is 0.440. The molecule has 1 N–H and O–H groups in total. The first-order valence-corrected chi connectivity index (χ1v) is 10.4. The van der Waals surface area contributed by atoms with Crippen LogP contribution in [0.4, 0.5) is 0 Å². The Morgan fingerprint density at radius 3 is 2.23 bits per heavy atom. The highest BCUT2D eigenvalue weighted by Crippen LogP contribution is 2.42. The van der Waals surface area contributed by atoms with Crippen molar-refractivity contribution in [3.63, 3.8) is 0 Å². The third kappa shape index (κ3) is 3.86. The van der Waals surface area contributed by atoms with Crippen LogP contribution < -0.4 is 0 Å². The van der Waals surface area contributed by atoms with Gasteiger partial charge in [0.1, 0.15) is 5.65 Å². The summed E-state index contributed by atoms with van der Waals surface area (Å²) >= 11 is 0. The van der Waals surface area contributed by atoms with E-state index in [0.717, 1.165) is 45.5 Å². The third-order valence-electron chi connectivity index (χ3n) is 5.60. The smallest absolute Gasteiger partial charge is 0.337 e. The second-order valence-corrected chi connectivity index (χ2v) is 8.95. The predicted octanol–water partition coefficient (Wildman–Crippen LogP) is 5.90. The molecule has 0 fully saturated rings. The van der Waals surface area contributed by atoms with Gasteiger partial charge < -0.3 is 14.4 Å². The normalized spacial score (nSPS) is 13.1. The molecule has 2 heterocycles. The molecule has 0 spiro atoms. The summed E-state index contributed by atoms with van der Waals surface area (Å²) in [5.41, 5.74) is 6.89. The number of aliphatic carboxylic acids is 1. The van der Waals surface area contributed by atoms with Crippen LogP contribution in [0.1, 0.15) is 61.9 Å². The molecule has 1 atom stereocenters. The molecule has 2 aromatic heterocycles. The van der Waals surface area contributed by atoms with Gasteiger partial charge in [-0.25, -0.2) is 9.78 Å². The fourth-order valence-corrected chi connectivity index (χ4v) is 4.11. The van der Waals surface area contributed by atoms with Crippen molar-refractivity contribution in [2.45, 2.75) is 73.6 Å². The summed E-state index contributed by atoms with van der Waals surface area (Å²) in [7, 11) is 0. The van der Waals surface area contributed by atoms with Gasteiger partial charge in [0.2, 0.25) is 0 Å². The van der Waals surface area contributed by atoms with Gasteiger partial charge >= 0.3 is 5.97 Å². The van der Waals surface area contributed by atoms with Crippen molar-refractivity contribution >= 4 is 17.0 Å². The number of pyridine rings is 1. The van der Waals surface area contributed by atoms with E-state index >= 15 is 0 Å². The van der Waals surface area contributed by atoms with E-state index in [0.29, 0.717) is 11.3 Å². The van der Waals surface area contributed by atoms with Crippen molar-refractivity contribution in [3.8, 4) is 11.1 Å². The van der Waals surface area contributed by atoms with Crippen LogP contribution in [-0.2, 0) is 16.1 Å². The van der Waals surface area contributed by atoms with Crippen LogP contribution in [0.25, 0.3) is 22.2 Å². The lowest BCUT2D eigenvalue weighted by Crippen LogP contribution is -2.28. The van der Waals surface area contributed by atoms with Crippen LogP contribution in [0, 0.1) is 27.7 Å². The van der Waals surface area contributed by atoms with Crippen molar-refractivity contribution in [1.29, 1.82) is 0 Å². The molecule has 30 heavy (non-hydrogen) atoms. The number of carboxylic acid groups (broad SMARTS) is 1. The molecule has 0 radical (unpaired) electrons. The number of ether oxygens (including phenoxy) is 1. The zero-order valence-corrected chi connectivity index (χ0v) is 19.3. The Morgan fingerprint density at radius 2 is 1.73 bits per heavy atom. The van der Waals surface area contributed by atoms with Gasteiger partial charge in [0.15, 0.2) is 6.10 Å². The fourth-order valence-electron chi connectivity index (χ4n) is 4.11. The number of rotatable bonds is 5. The van der Waals surface area contributed by atoms with Gasteiger partial charge in [0, 0.05) is 34.4 Å². The molecule has 3 rings (SSSR count). The van der Waals surface area contributed by atoms with E-state index in [2.05, 4.69) is 49.6 Å². The average molecular weight is 409 g/mol. The van der Waals surface area contributed by atoms with E-state index in [1.54, 1.807) is 0 Å². The Balaban J connectivity index is 2.49. The molecule has 160 valence electrons. The predicted molar refractivity (Wildman–Crippen MR) is 121 cm³/mol. The van der Waals surface area contributed by atoms with Crippen molar-refractivity contribution in [2.24, 2.45) is 0 Å². The first kappa shape index (κ1) is 22.0. The number of hydrogen-bond donors (Lipinski definition) is 1. The molecule has 0 saturated heterocycles. The molecule has 3 aromatic rings. The van der Waals surface area contributed by atoms with Gasteiger partial charge in [-0.1, -0.05) is 29.8 Å². The topological polar surface area (TPSA) is 64.3 Å². The maximum atomic E-state index is 12.4. The highest BCUT2D eigenvalue weighted by molar-refractivity contribution is 6.00. The van der Waals surface area contributed by atoms with E-state index < -0.39 is 17.7 Å². The van der Waals surface area contributed by atoms with Gasteiger partial charge in [0.05, 0.1) is 5.60 Å². The zero-order chi connectivity index (χ0) is 22.4. The largest absolute Gasteiger partial charge is 0.479 e. The highest BCUT2D eigenvalue weighted by Gasteiger charge is 2.33. The molecule has 5 heteroatoms.